The minimum atomic E-state index is -4.81. The second kappa shape index (κ2) is 7.03. The highest BCUT2D eigenvalue weighted by Crippen LogP contribution is 2.35. The normalized spacial score (nSPS) is 12.0. The number of hydrogen-bond donors (Lipinski definition) is 1. The van der Waals surface area contributed by atoms with E-state index in [9.17, 15) is 26.0 Å². The fourth-order valence-electron chi connectivity index (χ4n) is 2.54. The zero-order valence-electron chi connectivity index (χ0n) is 13.7. The van der Waals surface area contributed by atoms with Crippen LogP contribution in [0.15, 0.2) is 77.7 Å². The lowest BCUT2D eigenvalue weighted by Crippen LogP contribution is -2.13. The smallest absolute Gasteiger partial charge is 0.279 e. The predicted molar refractivity (Wildman–Crippen MR) is 94.1 cm³/mol. The Labute approximate surface area is 153 Å². The second-order valence-electron chi connectivity index (χ2n) is 5.66. The van der Waals surface area contributed by atoms with Crippen molar-refractivity contribution < 1.29 is 26.0 Å². The molecule has 0 unspecified atom stereocenters. The van der Waals surface area contributed by atoms with E-state index in [0.29, 0.717) is 6.07 Å². The third kappa shape index (κ3) is 4.11. The summed E-state index contributed by atoms with van der Waals surface area (Å²) >= 11 is 0. The molecule has 0 heterocycles. The molecule has 0 radical (unpaired) electrons. The molecule has 0 spiro atoms. The first-order valence-electron chi connectivity index (χ1n) is 7.72. The molecule has 0 saturated carbocycles. The van der Waals surface area contributed by atoms with Crippen LogP contribution in [-0.4, -0.2) is 8.42 Å². The van der Waals surface area contributed by atoms with Gasteiger partial charge in [0.1, 0.15) is 5.82 Å². The van der Waals surface area contributed by atoms with Gasteiger partial charge in [-0.3, -0.25) is 4.72 Å². The second-order valence-corrected chi connectivity index (χ2v) is 7.34. The van der Waals surface area contributed by atoms with Crippen molar-refractivity contribution in [3.63, 3.8) is 0 Å². The summed E-state index contributed by atoms with van der Waals surface area (Å²) in [5.74, 6) is -1.43. The molecular weight excluding hydrogens is 382 g/mol. The molecule has 0 bridgehead atoms. The van der Waals surface area contributed by atoms with Crippen molar-refractivity contribution in [3.05, 3.63) is 84.2 Å². The molecule has 3 aromatic carbocycles. The maximum Gasteiger partial charge on any atom is 0.419 e. The Morgan fingerprint density at radius 3 is 2.07 bits per heavy atom. The topological polar surface area (TPSA) is 46.2 Å². The summed E-state index contributed by atoms with van der Waals surface area (Å²) in [6, 6.07) is 16.1. The summed E-state index contributed by atoms with van der Waals surface area (Å²) in [5.41, 5.74) is -0.884. The van der Waals surface area contributed by atoms with E-state index >= 15 is 0 Å². The molecule has 3 aromatic rings. The van der Waals surface area contributed by atoms with Gasteiger partial charge in [-0.1, -0.05) is 42.5 Å². The van der Waals surface area contributed by atoms with Crippen LogP contribution >= 0.6 is 0 Å². The van der Waals surface area contributed by atoms with Gasteiger partial charge in [-0.05, 0) is 35.9 Å². The number of hydrogen-bond acceptors (Lipinski definition) is 2. The molecule has 3 nitrogen and oxygen atoms in total. The maximum atomic E-state index is 13.9. The molecular formula is C19H13F4NO2S. The number of para-hydroxylation sites is 1. The molecule has 0 fully saturated rings. The van der Waals surface area contributed by atoms with E-state index in [4.69, 9.17) is 0 Å². The molecule has 0 saturated heterocycles. The summed E-state index contributed by atoms with van der Waals surface area (Å²) in [6.45, 7) is 0. The highest BCUT2D eigenvalue weighted by molar-refractivity contribution is 7.92. The van der Waals surface area contributed by atoms with E-state index < -0.39 is 27.6 Å². The number of alkyl halides is 3. The van der Waals surface area contributed by atoms with E-state index in [-0.39, 0.29) is 21.7 Å². The first-order valence-corrected chi connectivity index (χ1v) is 9.21. The van der Waals surface area contributed by atoms with E-state index in [1.807, 2.05) is 0 Å². The van der Waals surface area contributed by atoms with Gasteiger partial charge in [0, 0.05) is 5.56 Å². The van der Waals surface area contributed by atoms with Gasteiger partial charge in [0.15, 0.2) is 0 Å². The monoisotopic (exact) mass is 395 g/mol. The molecule has 27 heavy (non-hydrogen) atoms. The average molecular weight is 395 g/mol. The minimum absolute atomic E-state index is 0.0263. The van der Waals surface area contributed by atoms with E-state index in [0.717, 1.165) is 12.1 Å². The molecule has 140 valence electrons. The fourth-order valence-corrected chi connectivity index (χ4v) is 3.64. The third-order valence-electron chi connectivity index (χ3n) is 3.81. The highest BCUT2D eigenvalue weighted by Gasteiger charge is 2.34. The van der Waals surface area contributed by atoms with Crippen molar-refractivity contribution in [2.75, 3.05) is 4.72 Å². The van der Waals surface area contributed by atoms with Gasteiger partial charge in [-0.15, -0.1) is 0 Å². The first-order chi connectivity index (χ1) is 12.7. The molecule has 0 amide bonds. The summed E-state index contributed by atoms with van der Waals surface area (Å²) in [6.07, 6.45) is -4.81. The Morgan fingerprint density at radius 2 is 1.44 bits per heavy atom. The highest BCUT2D eigenvalue weighted by atomic mass is 32.2. The zero-order chi connectivity index (χ0) is 19.7. The number of rotatable bonds is 4. The van der Waals surface area contributed by atoms with E-state index in [1.165, 1.54) is 24.3 Å². The van der Waals surface area contributed by atoms with Gasteiger partial charge in [0.2, 0.25) is 0 Å². The molecule has 0 atom stereocenters. The number of benzene rings is 3. The summed E-state index contributed by atoms with van der Waals surface area (Å²) < 4.78 is 79.5. The van der Waals surface area contributed by atoms with Crippen LogP contribution in [0, 0.1) is 5.82 Å². The minimum Gasteiger partial charge on any atom is -0.279 e. The van der Waals surface area contributed by atoms with Crippen molar-refractivity contribution in [1.29, 1.82) is 0 Å². The quantitative estimate of drug-likeness (QED) is 0.609. The molecule has 0 aliphatic heterocycles. The molecule has 1 N–H and O–H groups in total. The standard InChI is InChI=1S/C19H13F4NO2S/c20-17-12-13(10-11-16(17)19(21,22)23)15-8-4-5-9-18(15)24-27(25,26)14-6-2-1-3-7-14/h1-12,24H. The Kier molecular flexibility index (Phi) is 4.93. The van der Waals surface area contributed by atoms with Gasteiger partial charge < -0.3 is 0 Å². The maximum absolute atomic E-state index is 13.9. The van der Waals surface area contributed by atoms with Gasteiger partial charge >= 0.3 is 6.18 Å². The van der Waals surface area contributed by atoms with E-state index in [1.54, 1.807) is 30.3 Å². The van der Waals surface area contributed by atoms with Crippen molar-refractivity contribution in [2.24, 2.45) is 0 Å². The van der Waals surface area contributed by atoms with Crippen LogP contribution in [0.4, 0.5) is 23.2 Å². The number of nitrogens with one attached hydrogen (secondary N) is 1. The van der Waals surface area contributed by atoms with Crippen LogP contribution in [0.3, 0.4) is 0 Å². The Balaban J connectivity index is 2.02. The Hall–Kier alpha value is -2.87. The number of sulfonamides is 1. The lowest BCUT2D eigenvalue weighted by Gasteiger charge is -2.14. The van der Waals surface area contributed by atoms with Crippen molar-refractivity contribution >= 4 is 15.7 Å². The summed E-state index contributed by atoms with van der Waals surface area (Å²) in [4.78, 5) is 0.0263. The van der Waals surface area contributed by atoms with Gasteiger partial charge in [0.25, 0.3) is 10.0 Å². The van der Waals surface area contributed by atoms with Crippen LogP contribution in [0.25, 0.3) is 11.1 Å². The summed E-state index contributed by atoms with van der Waals surface area (Å²) in [7, 11) is -3.91. The molecule has 3 rings (SSSR count). The SMILES string of the molecule is O=S(=O)(Nc1ccccc1-c1ccc(C(F)(F)F)c(F)c1)c1ccccc1. The van der Waals surface area contributed by atoms with E-state index in [2.05, 4.69) is 4.72 Å². The molecule has 0 aliphatic carbocycles. The zero-order valence-corrected chi connectivity index (χ0v) is 14.5. The van der Waals surface area contributed by atoms with Gasteiger partial charge in [-0.2, -0.15) is 13.2 Å². The van der Waals surface area contributed by atoms with Crippen LogP contribution < -0.4 is 4.72 Å². The Bertz CT molecular complexity index is 1060. The average Bonchev–Trinajstić information content (AvgIpc) is 2.61. The van der Waals surface area contributed by atoms with Crippen molar-refractivity contribution in [1.82, 2.24) is 0 Å². The van der Waals surface area contributed by atoms with Crippen molar-refractivity contribution in [3.8, 4) is 11.1 Å². The Morgan fingerprint density at radius 1 is 0.815 bits per heavy atom. The largest absolute Gasteiger partial charge is 0.419 e. The predicted octanol–water partition coefficient (Wildman–Crippen LogP) is 5.31. The third-order valence-corrected chi connectivity index (χ3v) is 5.19. The van der Waals surface area contributed by atoms with Crippen molar-refractivity contribution in [2.45, 2.75) is 11.1 Å². The fraction of sp³-hybridized carbons (Fsp3) is 0.0526. The van der Waals surface area contributed by atoms with Gasteiger partial charge in [-0.25, -0.2) is 12.8 Å². The lowest BCUT2D eigenvalue weighted by molar-refractivity contribution is -0.139. The molecule has 8 heteroatoms. The first kappa shape index (κ1) is 18.9. The lowest BCUT2D eigenvalue weighted by atomic mass is 10.0. The van der Waals surface area contributed by atoms with Crippen LogP contribution in [0.2, 0.25) is 0 Å². The summed E-state index contributed by atoms with van der Waals surface area (Å²) in [5, 5.41) is 0. The number of halogens is 4. The van der Waals surface area contributed by atoms with Crippen LogP contribution in [-0.2, 0) is 16.2 Å². The number of anilines is 1. The molecule has 0 aliphatic rings. The van der Waals surface area contributed by atoms with Crippen LogP contribution in [0.5, 0.6) is 0 Å². The molecule has 0 aromatic heterocycles. The van der Waals surface area contributed by atoms with Crippen LogP contribution in [0.1, 0.15) is 5.56 Å². The van der Waals surface area contributed by atoms with Gasteiger partial charge in [0.05, 0.1) is 16.1 Å².